The third kappa shape index (κ3) is 5.51. The van der Waals surface area contributed by atoms with Gasteiger partial charge in [0.25, 0.3) is 5.91 Å². The summed E-state index contributed by atoms with van der Waals surface area (Å²) in [6.45, 7) is 0.565. The molecule has 3 N–H and O–H groups in total. The summed E-state index contributed by atoms with van der Waals surface area (Å²) in [5, 5.41) is 2.65. The van der Waals surface area contributed by atoms with Gasteiger partial charge in [0.05, 0.1) is 12.1 Å². The highest BCUT2D eigenvalue weighted by atomic mass is 32.2. The second-order valence-corrected chi connectivity index (χ2v) is 5.64. The van der Waals surface area contributed by atoms with Crippen LogP contribution >= 0.6 is 0 Å². The number of hydrogen-bond acceptors (Lipinski definition) is 3. The Labute approximate surface area is 120 Å². The van der Waals surface area contributed by atoms with Gasteiger partial charge in [0.2, 0.25) is 0 Å². The van der Waals surface area contributed by atoms with Gasteiger partial charge in [-0.3, -0.25) is 9.00 Å². The molecule has 0 spiro atoms. The van der Waals surface area contributed by atoms with E-state index in [2.05, 4.69) is 17.2 Å². The van der Waals surface area contributed by atoms with Crippen molar-refractivity contribution in [2.75, 3.05) is 25.1 Å². The van der Waals surface area contributed by atoms with Gasteiger partial charge in [-0.25, -0.2) is 4.39 Å². The van der Waals surface area contributed by atoms with Crippen LogP contribution in [0.15, 0.2) is 18.2 Å². The van der Waals surface area contributed by atoms with Gasteiger partial charge in [-0.1, -0.05) is 11.8 Å². The lowest BCUT2D eigenvalue weighted by Gasteiger charge is -2.05. The van der Waals surface area contributed by atoms with Crippen LogP contribution in [0.4, 0.5) is 4.39 Å². The van der Waals surface area contributed by atoms with Gasteiger partial charge in [-0.05, 0) is 24.6 Å². The lowest BCUT2D eigenvalue weighted by atomic mass is 10.1. The molecule has 0 aliphatic heterocycles. The molecule has 0 aliphatic rings. The Morgan fingerprint density at radius 1 is 1.50 bits per heavy atom. The number of carbonyl (C=O) groups excluding carboxylic acids is 1. The van der Waals surface area contributed by atoms with Crippen LogP contribution in [0.2, 0.25) is 0 Å². The Balaban J connectivity index is 2.61. The van der Waals surface area contributed by atoms with Crippen molar-refractivity contribution in [3.05, 3.63) is 35.1 Å². The first-order chi connectivity index (χ1) is 9.54. The molecule has 20 heavy (non-hydrogen) atoms. The number of nitrogens with one attached hydrogen (secondary N) is 1. The first kappa shape index (κ1) is 16.3. The van der Waals surface area contributed by atoms with Gasteiger partial charge in [0.15, 0.2) is 0 Å². The molecule has 1 unspecified atom stereocenters. The van der Waals surface area contributed by atoms with Crippen molar-refractivity contribution in [2.45, 2.75) is 6.42 Å². The Hall–Kier alpha value is -1.71. The van der Waals surface area contributed by atoms with E-state index in [1.54, 1.807) is 6.26 Å². The molecule has 108 valence electrons. The highest BCUT2D eigenvalue weighted by Crippen LogP contribution is 2.09. The highest BCUT2D eigenvalue weighted by Gasteiger charge is 2.08. The minimum Gasteiger partial charge on any atom is -0.352 e. The summed E-state index contributed by atoms with van der Waals surface area (Å²) >= 11 is 0. The van der Waals surface area contributed by atoms with Gasteiger partial charge in [-0.2, -0.15) is 0 Å². The lowest BCUT2D eigenvalue weighted by Crippen LogP contribution is -2.25. The molecule has 1 amide bonds. The monoisotopic (exact) mass is 296 g/mol. The van der Waals surface area contributed by atoms with E-state index in [9.17, 15) is 13.4 Å². The van der Waals surface area contributed by atoms with E-state index in [-0.39, 0.29) is 23.6 Å². The van der Waals surface area contributed by atoms with Crippen LogP contribution in [0.5, 0.6) is 0 Å². The highest BCUT2D eigenvalue weighted by molar-refractivity contribution is 7.84. The van der Waals surface area contributed by atoms with Crippen molar-refractivity contribution in [3.63, 3.8) is 0 Å². The van der Waals surface area contributed by atoms with Gasteiger partial charge in [0.1, 0.15) is 5.82 Å². The molecule has 0 aliphatic carbocycles. The number of nitrogens with two attached hydrogens (primary N) is 1. The zero-order valence-corrected chi connectivity index (χ0v) is 12.1. The lowest BCUT2D eigenvalue weighted by molar-refractivity contribution is 0.0953. The molecule has 0 bridgehead atoms. The maximum Gasteiger partial charge on any atom is 0.251 e. The second kappa shape index (κ2) is 8.46. The average Bonchev–Trinajstić information content (AvgIpc) is 2.41. The molecule has 1 rings (SSSR count). The first-order valence-electron chi connectivity index (χ1n) is 6.11. The average molecular weight is 296 g/mol. The van der Waals surface area contributed by atoms with Crippen molar-refractivity contribution >= 4 is 16.7 Å². The molecule has 0 radical (unpaired) electrons. The molecule has 1 atom stereocenters. The molecular weight excluding hydrogens is 279 g/mol. The maximum absolute atomic E-state index is 13.7. The fourth-order valence-electron chi connectivity index (χ4n) is 1.48. The standard InChI is InChI=1S/C14H17FN2O2S/c1-20(19)9-3-8-17-14(18)12-6-5-11(4-2-7-16)13(15)10-12/h5-6,10H,3,7-9,16H2,1H3,(H,17,18). The summed E-state index contributed by atoms with van der Waals surface area (Å²) in [6.07, 6.45) is 2.23. The van der Waals surface area contributed by atoms with E-state index < -0.39 is 16.6 Å². The Kier molecular flexibility index (Phi) is 6.91. The number of halogens is 1. The molecule has 0 saturated heterocycles. The number of hydrogen-bond donors (Lipinski definition) is 2. The molecule has 4 nitrogen and oxygen atoms in total. The Bertz CT molecular complexity index is 564. The van der Waals surface area contributed by atoms with Crippen molar-refractivity contribution in [1.82, 2.24) is 5.32 Å². The van der Waals surface area contributed by atoms with E-state index in [1.807, 2.05) is 0 Å². The van der Waals surface area contributed by atoms with E-state index in [4.69, 9.17) is 5.73 Å². The van der Waals surface area contributed by atoms with Gasteiger partial charge < -0.3 is 11.1 Å². The molecule has 6 heteroatoms. The van der Waals surface area contributed by atoms with Crippen LogP contribution in [0.1, 0.15) is 22.3 Å². The summed E-state index contributed by atoms with van der Waals surface area (Å²) in [5.74, 6) is 4.77. The van der Waals surface area contributed by atoms with Crippen LogP contribution in [0, 0.1) is 17.7 Å². The Morgan fingerprint density at radius 2 is 2.25 bits per heavy atom. The Morgan fingerprint density at radius 3 is 2.85 bits per heavy atom. The number of carbonyl (C=O) groups is 1. The van der Waals surface area contributed by atoms with E-state index in [0.29, 0.717) is 18.7 Å². The smallest absolute Gasteiger partial charge is 0.251 e. The number of amides is 1. The van der Waals surface area contributed by atoms with Crippen molar-refractivity contribution in [3.8, 4) is 11.8 Å². The predicted molar refractivity (Wildman–Crippen MR) is 78.2 cm³/mol. The summed E-state index contributed by atoms with van der Waals surface area (Å²) < 4.78 is 24.5. The van der Waals surface area contributed by atoms with E-state index in [0.717, 1.165) is 6.07 Å². The molecule has 0 saturated carbocycles. The van der Waals surface area contributed by atoms with Crippen LogP contribution in [-0.4, -0.2) is 35.2 Å². The zero-order valence-electron chi connectivity index (χ0n) is 11.2. The SMILES string of the molecule is CS(=O)CCCNC(=O)c1ccc(C#CCN)c(F)c1. The molecular formula is C14H17FN2O2S. The normalized spacial score (nSPS) is 11.3. The van der Waals surface area contributed by atoms with Crippen molar-refractivity contribution < 1.29 is 13.4 Å². The summed E-state index contributed by atoms with van der Waals surface area (Å²) in [6, 6.07) is 4.11. The summed E-state index contributed by atoms with van der Waals surface area (Å²) in [7, 11) is -0.872. The van der Waals surface area contributed by atoms with Gasteiger partial charge >= 0.3 is 0 Å². The number of benzene rings is 1. The minimum atomic E-state index is -0.872. The molecule has 1 aromatic rings. The van der Waals surface area contributed by atoms with E-state index in [1.165, 1.54) is 12.1 Å². The summed E-state index contributed by atoms with van der Waals surface area (Å²) in [4.78, 5) is 11.8. The second-order valence-electron chi connectivity index (χ2n) is 4.09. The molecule has 0 fully saturated rings. The van der Waals surface area contributed by atoms with Crippen LogP contribution in [0.3, 0.4) is 0 Å². The first-order valence-corrected chi connectivity index (χ1v) is 7.84. The summed E-state index contributed by atoms with van der Waals surface area (Å²) in [5.41, 5.74) is 5.66. The predicted octanol–water partition coefficient (Wildman–Crippen LogP) is 0.634. The number of rotatable bonds is 5. The third-order valence-corrected chi connectivity index (χ3v) is 3.31. The zero-order chi connectivity index (χ0) is 15.0. The minimum absolute atomic E-state index is 0.153. The third-order valence-electron chi connectivity index (χ3n) is 2.45. The van der Waals surface area contributed by atoms with Crippen LogP contribution < -0.4 is 11.1 Å². The quantitative estimate of drug-likeness (QED) is 0.618. The van der Waals surface area contributed by atoms with Crippen LogP contribution in [-0.2, 0) is 10.8 Å². The topological polar surface area (TPSA) is 72.2 Å². The molecule has 1 aromatic carbocycles. The largest absolute Gasteiger partial charge is 0.352 e. The van der Waals surface area contributed by atoms with Crippen molar-refractivity contribution in [1.29, 1.82) is 0 Å². The molecule has 0 aromatic heterocycles. The van der Waals surface area contributed by atoms with E-state index >= 15 is 0 Å². The molecule has 0 heterocycles. The van der Waals surface area contributed by atoms with Crippen molar-refractivity contribution in [2.24, 2.45) is 5.73 Å². The fourth-order valence-corrected chi connectivity index (χ4v) is 2.03. The maximum atomic E-state index is 13.7. The van der Waals surface area contributed by atoms with Crippen LogP contribution in [0.25, 0.3) is 0 Å². The van der Waals surface area contributed by atoms with Gasteiger partial charge in [0, 0.05) is 34.9 Å². The van der Waals surface area contributed by atoms with Gasteiger partial charge in [-0.15, -0.1) is 0 Å². The fraction of sp³-hybridized carbons (Fsp3) is 0.357.